The SMILES string of the molecule is Cc1cc(C(=O)c2c(Cl)cc(Cl)c(Cl)c2Cl)sc1C. The summed E-state index contributed by atoms with van der Waals surface area (Å²) in [6.07, 6.45) is 0. The molecule has 0 aliphatic carbocycles. The molecule has 19 heavy (non-hydrogen) atoms. The minimum absolute atomic E-state index is 0.0906. The second-order valence-corrected chi connectivity index (χ2v) is 6.85. The number of carbonyl (C=O) groups excluding carboxylic acids is 1. The zero-order chi connectivity index (χ0) is 14.3. The third-order valence-corrected chi connectivity index (χ3v) is 5.44. The quantitative estimate of drug-likeness (QED) is 0.356. The first-order chi connectivity index (χ1) is 8.82. The lowest BCUT2D eigenvalue weighted by molar-refractivity contribution is 0.104. The minimum Gasteiger partial charge on any atom is -0.288 e. The molecule has 2 aromatic rings. The molecule has 0 atom stereocenters. The maximum Gasteiger partial charge on any atom is 0.206 e. The molecule has 2 rings (SSSR count). The van der Waals surface area contributed by atoms with Crippen LogP contribution in [0.4, 0.5) is 0 Å². The lowest BCUT2D eigenvalue weighted by atomic mass is 10.1. The van der Waals surface area contributed by atoms with Crippen molar-refractivity contribution >= 4 is 63.5 Å². The Morgan fingerprint density at radius 2 is 1.63 bits per heavy atom. The molecular formula is C13H8Cl4OS. The number of aryl methyl sites for hydroxylation is 2. The Hall–Kier alpha value is -0.250. The van der Waals surface area contributed by atoms with Gasteiger partial charge < -0.3 is 0 Å². The molecule has 0 saturated carbocycles. The van der Waals surface area contributed by atoms with Gasteiger partial charge in [0.25, 0.3) is 0 Å². The Kier molecular flexibility index (Phi) is 4.49. The van der Waals surface area contributed by atoms with Crippen molar-refractivity contribution in [3.8, 4) is 0 Å². The normalized spacial score (nSPS) is 10.8. The van der Waals surface area contributed by atoms with Gasteiger partial charge in [-0.15, -0.1) is 11.3 Å². The molecule has 100 valence electrons. The number of rotatable bonds is 2. The third-order valence-electron chi connectivity index (χ3n) is 2.73. The molecule has 1 nitrogen and oxygen atoms in total. The van der Waals surface area contributed by atoms with Gasteiger partial charge in [0.2, 0.25) is 5.78 Å². The molecule has 0 bridgehead atoms. The van der Waals surface area contributed by atoms with E-state index in [9.17, 15) is 4.79 Å². The first-order valence-electron chi connectivity index (χ1n) is 5.27. The Balaban J connectivity index is 2.59. The summed E-state index contributed by atoms with van der Waals surface area (Å²) in [5.41, 5.74) is 1.25. The zero-order valence-corrected chi connectivity index (χ0v) is 13.8. The highest BCUT2D eigenvalue weighted by atomic mass is 35.5. The van der Waals surface area contributed by atoms with E-state index in [4.69, 9.17) is 46.4 Å². The Morgan fingerprint density at radius 3 is 2.16 bits per heavy atom. The summed E-state index contributed by atoms with van der Waals surface area (Å²) < 4.78 is 0. The minimum atomic E-state index is -0.241. The van der Waals surface area contributed by atoms with E-state index in [0.717, 1.165) is 10.4 Å². The molecule has 0 N–H and O–H groups in total. The smallest absolute Gasteiger partial charge is 0.206 e. The van der Waals surface area contributed by atoms with Gasteiger partial charge >= 0.3 is 0 Å². The number of hydrogen-bond donors (Lipinski definition) is 0. The van der Waals surface area contributed by atoms with Crippen molar-refractivity contribution in [3.63, 3.8) is 0 Å². The first-order valence-corrected chi connectivity index (χ1v) is 7.60. The average molecular weight is 354 g/mol. The predicted octanol–water partition coefficient (Wildman–Crippen LogP) is 6.21. The van der Waals surface area contributed by atoms with E-state index in [1.54, 1.807) is 0 Å². The van der Waals surface area contributed by atoms with E-state index in [1.807, 2.05) is 19.9 Å². The fraction of sp³-hybridized carbons (Fsp3) is 0.154. The molecule has 1 heterocycles. The Morgan fingerprint density at radius 1 is 1.00 bits per heavy atom. The van der Waals surface area contributed by atoms with E-state index >= 15 is 0 Å². The number of hydrogen-bond acceptors (Lipinski definition) is 2. The van der Waals surface area contributed by atoms with Crippen molar-refractivity contribution in [1.29, 1.82) is 0 Å². The summed E-state index contributed by atoms with van der Waals surface area (Å²) in [4.78, 5) is 14.1. The monoisotopic (exact) mass is 352 g/mol. The lowest BCUT2D eigenvalue weighted by Gasteiger charge is -2.08. The van der Waals surface area contributed by atoms with Gasteiger partial charge in [0.1, 0.15) is 0 Å². The van der Waals surface area contributed by atoms with Crippen LogP contribution in [0, 0.1) is 13.8 Å². The van der Waals surface area contributed by atoms with E-state index < -0.39 is 0 Å². The molecule has 0 fully saturated rings. The van der Waals surface area contributed by atoms with Crippen LogP contribution in [-0.2, 0) is 0 Å². The average Bonchev–Trinajstić information content (AvgIpc) is 2.67. The highest BCUT2D eigenvalue weighted by Gasteiger charge is 2.22. The largest absolute Gasteiger partial charge is 0.288 e. The van der Waals surface area contributed by atoms with Crippen LogP contribution < -0.4 is 0 Å². The summed E-state index contributed by atoms with van der Waals surface area (Å²) in [7, 11) is 0. The van der Waals surface area contributed by atoms with E-state index in [2.05, 4.69) is 0 Å². The molecule has 0 saturated heterocycles. The van der Waals surface area contributed by atoms with Gasteiger partial charge in [-0.3, -0.25) is 4.79 Å². The van der Waals surface area contributed by atoms with Crippen molar-refractivity contribution in [1.82, 2.24) is 0 Å². The van der Waals surface area contributed by atoms with Gasteiger partial charge in [0.05, 0.1) is 30.5 Å². The molecule has 0 aliphatic heterocycles. The molecule has 1 aromatic carbocycles. The third kappa shape index (κ3) is 2.79. The van der Waals surface area contributed by atoms with Crippen molar-refractivity contribution in [2.45, 2.75) is 13.8 Å². The van der Waals surface area contributed by atoms with Crippen LogP contribution in [0.15, 0.2) is 12.1 Å². The maximum atomic E-state index is 12.5. The van der Waals surface area contributed by atoms with Gasteiger partial charge in [-0.25, -0.2) is 0 Å². The molecule has 0 amide bonds. The van der Waals surface area contributed by atoms with Crippen LogP contribution in [0.25, 0.3) is 0 Å². The topological polar surface area (TPSA) is 17.1 Å². The second-order valence-electron chi connectivity index (χ2n) is 4.02. The van der Waals surface area contributed by atoms with Crippen LogP contribution in [0.3, 0.4) is 0 Å². The molecule has 6 heteroatoms. The van der Waals surface area contributed by atoms with E-state index in [1.165, 1.54) is 17.4 Å². The number of halogens is 4. The predicted molar refractivity (Wildman–Crippen MR) is 83.7 cm³/mol. The van der Waals surface area contributed by atoms with E-state index in [0.29, 0.717) is 4.88 Å². The summed E-state index contributed by atoms with van der Waals surface area (Å²) in [5, 5.41) is 0.661. The van der Waals surface area contributed by atoms with Crippen LogP contribution >= 0.6 is 57.7 Å². The van der Waals surface area contributed by atoms with Crippen molar-refractivity contribution in [3.05, 3.63) is 53.1 Å². The number of benzene rings is 1. The van der Waals surface area contributed by atoms with Crippen LogP contribution in [0.5, 0.6) is 0 Å². The number of thiophene rings is 1. The zero-order valence-electron chi connectivity index (χ0n) is 9.98. The summed E-state index contributed by atoms with van der Waals surface area (Å²) >= 11 is 25.3. The summed E-state index contributed by atoms with van der Waals surface area (Å²) in [5.74, 6) is -0.241. The van der Waals surface area contributed by atoms with Crippen molar-refractivity contribution < 1.29 is 4.79 Å². The van der Waals surface area contributed by atoms with Crippen LogP contribution in [-0.4, -0.2) is 5.78 Å². The fourth-order valence-corrected chi connectivity index (χ4v) is 3.65. The van der Waals surface area contributed by atoms with Gasteiger partial charge in [-0.05, 0) is 31.5 Å². The maximum absolute atomic E-state index is 12.5. The molecule has 1 aromatic heterocycles. The molecular weight excluding hydrogens is 346 g/mol. The number of carbonyl (C=O) groups is 1. The number of ketones is 1. The standard InChI is InChI=1S/C13H8Cl4OS/c1-5-3-9(19-6(5)2)13(18)10-7(14)4-8(15)11(16)12(10)17/h3-4H,1-2H3. The fourth-order valence-electron chi connectivity index (χ4n) is 1.58. The van der Waals surface area contributed by atoms with Gasteiger partial charge in [0.15, 0.2) is 0 Å². The van der Waals surface area contributed by atoms with Gasteiger partial charge in [-0.1, -0.05) is 46.4 Å². The highest BCUT2D eigenvalue weighted by molar-refractivity contribution is 7.14. The Labute approximate surface area is 135 Å². The molecule has 0 radical (unpaired) electrons. The van der Waals surface area contributed by atoms with Crippen LogP contribution in [0.2, 0.25) is 20.1 Å². The lowest BCUT2D eigenvalue weighted by Crippen LogP contribution is -2.01. The first kappa shape index (κ1) is 15.1. The molecule has 0 unspecified atom stereocenters. The Bertz CT molecular complexity index is 656. The summed E-state index contributed by atoms with van der Waals surface area (Å²) in [6, 6.07) is 3.25. The highest BCUT2D eigenvalue weighted by Crippen LogP contribution is 2.39. The van der Waals surface area contributed by atoms with E-state index in [-0.39, 0.29) is 31.4 Å². The molecule has 0 spiro atoms. The van der Waals surface area contributed by atoms with Gasteiger partial charge in [-0.2, -0.15) is 0 Å². The van der Waals surface area contributed by atoms with Crippen molar-refractivity contribution in [2.75, 3.05) is 0 Å². The van der Waals surface area contributed by atoms with Gasteiger partial charge in [0, 0.05) is 4.88 Å². The second kappa shape index (κ2) is 5.63. The summed E-state index contributed by atoms with van der Waals surface area (Å²) in [6.45, 7) is 3.90. The molecule has 0 aliphatic rings. The van der Waals surface area contributed by atoms with Crippen molar-refractivity contribution in [2.24, 2.45) is 0 Å². The van der Waals surface area contributed by atoms with Crippen LogP contribution in [0.1, 0.15) is 25.7 Å².